The Labute approximate surface area is 80.6 Å². The lowest BCUT2D eigenvalue weighted by molar-refractivity contribution is 0.404. The number of hydrogen-bond donors (Lipinski definition) is 2. The second-order valence-electron chi connectivity index (χ2n) is 3.48. The third kappa shape index (κ3) is 1.57. The molecule has 4 heteroatoms. The number of hydrogen-bond acceptors (Lipinski definition) is 2. The Balaban J connectivity index is 2.34. The van der Waals surface area contributed by atoms with Crippen LogP contribution in [0.25, 0.3) is 0 Å². The van der Waals surface area contributed by atoms with Gasteiger partial charge < -0.3 is 10.4 Å². The van der Waals surface area contributed by atoms with Crippen molar-refractivity contribution in [2.75, 3.05) is 6.54 Å². The van der Waals surface area contributed by atoms with Crippen LogP contribution in [0.3, 0.4) is 0 Å². The number of halogens is 2. The Kier molecular flexibility index (Phi) is 2.37. The maximum atomic E-state index is 12.9. The fraction of sp³-hybridized carbons (Fsp3) is 0.400. The van der Waals surface area contributed by atoms with Gasteiger partial charge in [0, 0.05) is 6.04 Å². The van der Waals surface area contributed by atoms with Crippen molar-refractivity contribution in [2.45, 2.75) is 18.9 Å². The van der Waals surface area contributed by atoms with E-state index in [0.29, 0.717) is 5.56 Å². The van der Waals surface area contributed by atoms with E-state index in [1.54, 1.807) is 0 Å². The molecule has 1 aliphatic rings. The average molecular weight is 199 g/mol. The molecule has 2 rings (SSSR count). The molecule has 0 aromatic heterocycles. The van der Waals surface area contributed by atoms with Crippen LogP contribution in [-0.2, 0) is 0 Å². The molecule has 2 N–H and O–H groups in total. The van der Waals surface area contributed by atoms with Crippen LogP contribution in [0.2, 0.25) is 0 Å². The minimum absolute atomic E-state index is 0.0380. The maximum absolute atomic E-state index is 12.9. The van der Waals surface area contributed by atoms with Crippen molar-refractivity contribution >= 4 is 0 Å². The normalized spacial score (nSPS) is 21.4. The predicted octanol–water partition coefficient (Wildman–Crippen LogP) is 2.09. The van der Waals surface area contributed by atoms with Crippen LogP contribution in [0, 0.1) is 11.6 Å². The van der Waals surface area contributed by atoms with Crippen LogP contribution < -0.4 is 5.32 Å². The number of aromatic hydroxyl groups is 1. The fourth-order valence-corrected chi connectivity index (χ4v) is 1.77. The van der Waals surface area contributed by atoms with Gasteiger partial charge in [0.25, 0.3) is 0 Å². The van der Waals surface area contributed by atoms with E-state index in [0.717, 1.165) is 25.5 Å². The smallest absolute Gasteiger partial charge is 0.200 e. The Bertz CT molecular complexity index is 325. The van der Waals surface area contributed by atoms with Gasteiger partial charge in [0.15, 0.2) is 17.4 Å². The van der Waals surface area contributed by atoms with Crippen molar-refractivity contribution in [3.8, 4) is 5.75 Å². The van der Waals surface area contributed by atoms with E-state index >= 15 is 0 Å². The molecular formula is C10H11F2NO. The van der Waals surface area contributed by atoms with Crippen LogP contribution in [-0.4, -0.2) is 11.7 Å². The zero-order chi connectivity index (χ0) is 10.1. The van der Waals surface area contributed by atoms with Gasteiger partial charge in [-0.1, -0.05) is 0 Å². The van der Waals surface area contributed by atoms with Gasteiger partial charge in [0.1, 0.15) is 0 Å². The fourth-order valence-electron chi connectivity index (χ4n) is 1.77. The van der Waals surface area contributed by atoms with E-state index in [2.05, 4.69) is 5.32 Å². The number of phenolic OH excluding ortho intramolecular Hbond substituents is 1. The van der Waals surface area contributed by atoms with Gasteiger partial charge in [0.2, 0.25) is 0 Å². The van der Waals surface area contributed by atoms with Gasteiger partial charge in [-0.05, 0) is 37.1 Å². The quantitative estimate of drug-likeness (QED) is 0.725. The number of rotatable bonds is 1. The summed E-state index contributed by atoms with van der Waals surface area (Å²) in [6, 6.07) is 2.45. The largest absolute Gasteiger partial charge is 0.505 e. The summed E-state index contributed by atoms with van der Waals surface area (Å²) in [5.74, 6) is -2.78. The molecule has 0 saturated carbocycles. The molecule has 0 amide bonds. The zero-order valence-corrected chi connectivity index (χ0v) is 7.56. The molecule has 1 aromatic carbocycles. The first-order valence-electron chi connectivity index (χ1n) is 4.60. The van der Waals surface area contributed by atoms with Crippen molar-refractivity contribution in [3.63, 3.8) is 0 Å². The van der Waals surface area contributed by atoms with E-state index in [1.807, 2.05) is 0 Å². The predicted molar refractivity (Wildman–Crippen MR) is 48.0 cm³/mol. The summed E-state index contributed by atoms with van der Waals surface area (Å²) in [5, 5.41) is 12.2. The van der Waals surface area contributed by atoms with Crippen LogP contribution in [0.1, 0.15) is 24.4 Å². The first-order valence-corrected chi connectivity index (χ1v) is 4.60. The standard InChI is InChI=1S/C10H11F2NO/c11-7-4-6(5-9(14)10(7)12)8-2-1-3-13-8/h4-5,8,13-14H,1-3H2/t8-/m1/s1. The average Bonchev–Trinajstić information content (AvgIpc) is 2.66. The second kappa shape index (κ2) is 3.53. The molecule has 0 bridgehead atoms. The molecule has 0 radical (unpaired) electrons. The SMILES string of the molecule is Oc1cc([C@H]2CCCN2)cc(F)c1F. The third-order valence-corrected chi connectivity index (χ3v) is 2.49. The van der Waals surface area contributed by atoms with E-state index < -0.39 is 17.4 Å². The summed E-state index contributed by atoms with van der Waals surface area (Å²) in [5.41, 5.74) is 0.610. The van der Waals surface area contributed by atoms with Gasteiger partial charge in [-0.2, -0.15) is 4.39 Å². The lowest BCUT2D eigenvalue weighted by Gasteiger charge is -2.11. The van der Waals surface area contributed by atoms with Gasteiger partial charge in [-0.25, -0.2) is 4.39 Å². The summed E-state index contributed by atoms with van der Waals surface area (Å²) in [6.07, 6.45) is 1.91. The monoisotopic (exact) mass is 199 g/mol. The van der Waals surface area contributed by atoms with Crippen LogP contribution in [0.5, 0.6) is 5.75 Å². The highest BCUT2D eigenvalue weighted by atomic mass is 19.2. The van der Waals surface area contributed by atoms with Crippen molar-refractivity contribution in [3.05, 3.63) is 29.3 Å². The maximum Gasteiger partial charge on any atom is 0.200 e. The second-order valence-corrected chi connectivity index (χ2v) is 3.48. The molecule has 1 aromatic rings. The highest BCUT2D eigenvalue weighted by Gasteiger charge is 2.19. The number of benzene rings is 1. The summed E-state index contributed by atoms with van der Waals surface area (Å²) < 4.78 is 25.7. The first kappa shape index (κ1) is 9.40. The van der Waals surface area contributed by atoms with E-state index in [4.69, 9.17) is 5.11 Å². The van der Waals surface area contributed by atoms with Gasteiger partial charge in [0.05, 0.1) is 0 Å². The van der Waals surface area contributed by atoms with Gasteiger partial charge in [-0.15, -0.1) is 0 Å². The molecule has 1 heterocycles. The molecule has 0 aliphatic carbocycles. The lowest BCUT2D eigenvalue weighted by atomic mass is 10.0. The summed E-state index contributed by atoms with van der Waals surface area (Å²) in [6.45, 7) is 0.879. The number of nitrogens with one attached hydrogen (secondary N) is 1. The van der Waals surface area contributed by atoms with Gasteiger partial charge >= 0.3 is 0 Å². The van der Waals surface area contributed by atoms with E-state index in [-0.39, 0.29) is 6.04 Å². The molecule has 76 valence electrons. The van der Waals surface area contributed by atoms with Crippen LogP contribution >= 0.6 is 0 Å². The van der Waals surface area contributed by atoms with E-state index in [9.17, 15) is 8.78 Å². The van der Waals surface area contributed by atoms with Crippen molar-refractivity contribution in [2.24, 2.45) is 0 Å². The van der Waals surface area contributed by atoms with Gasteiger partial charge in [-0.3, -0.25) is 0 Å². The Hall–Kier alpha value is -1.16. The molecule has 14 heavy (non-hydrogen) atoms. The van der Waals surface area contributed by atoms with Crippen molar-refractivity contribution in [1.29, 1.82) is 0 Å². The molecule has 1 atom stereocenters. The summed E-state index contributed by atoms with van der Waals surface area (Å²) in [4.78, 5) is 0. The van der Waals surface area contributed by atoms with Crippen molar-refractivity contribution < 1.29 is 13.9 Å². The molecule has 1 saturated heterocycles. The van der Waals surface area contributed by atoms with E-state index in [1.165, 1.54) is 6.07 Å². The lowest BCUT2D eigenvalue weighted by Crippen LogP contribution is -2.13. The molecule has 0 unspecified atom stereocenters. The highest BCUT2D eigenvalue weighted by Crippen LogP contribution is 2.28. The zero-order valence-electron chi connectivity index (χ0n) is 7.56. The third-order valence-electron chi connectivity index (χ3n) is 2.49. The summed E-state index contributed by atoms with van der Waals surface area (Å²) in [7, 11) is 0. The van der Waals surface area contributed by atoms with Crippen LogP contribution in [0.15, 0.2) is 12.1 Å². The Morgan fingerprint density at radius 3 is 2.71 bits per heavy atom. The molecule has 2 nitrogen and oxygen atoms in total. The first-order chi connectivity index (χ1) is 6.68. The molecule has 1 aliphatic heterocycles. The Morgan fingerprint density at radius 1 is 1.36 bits per heavy atom. The molecule has 0 spiro atoms. The summed E-state index contributed by atoms with van der Waals surface area (Å²) >= 11 is 0. The topological polar surface area (TPSA) is 32.3 Å². The molecule has 1 fully saturated rings. The van der Waals surface area contributed by atoms with Crippen molar-refractivity contribution in [1.82, 2.24) is 5.32 Å². The van der Waals surface area contributed by atoms with Crippen LogP contribution in [0.4, 0.5) is 8.78 Å². The molecular weight excluding hydrogens is 188 g/mol. The number of phenols is 1. The highest BCUT2D eigenvalue weighted by molar-refractivity contribution is 5.32. The minimum atomic E-state index is -1.17. The minimum Gasteiger partial charge on any atom is -0.505 e. The Morgan fingerprint density at radius 2 is 2.14 bits per heavy atom.